The predicted octanol–water partition coefficient (Wildman–Crippen LogP) is 1.76. The minimum Gasteiger partial charge on any atom is -0.383 e. The van der Waals surface area contributed by atoms with Crippen LogP contribution in [-0.4, -0.2) is 33.0 Å². The highest BCUT2D eigenvalue weighted by Crippen LogP contribution is 2.03. The van der Waals surface area contributed by atoms with E-state index in [0.717, 1.165) is 12.2 Å². The smallest absolute Gasteiger partial charge is 0.107 e. The van der Waals surface area contributed by atoms with Crippen molar-refractivity contribution in [1.29, 1.82) is 0 Å². The number of ether oxygens (including phenoxy) is 2. The largest absolute Gasteiger partial charge is 0.383 e. The van der Waals surface area contributed by atoms with Gasteiger partial charge >= 0.3 is 0 Å². The second-order valence-electron chi connectivity index (χ2n) is 3.16. The van der Waals surface area contributed by atoms with Crippen LogP contribution in [0.3, 0.4) is 0 Å². The van der Waals surface area contributed by atoms with Gasteiger partial charge in [0.2, 0.25) is 0 Å². The molecule has 3 heteroatoms. The SMILES string of the molecule is C#CCOCCOCCNc1ccccc1. The predicted molar refractivity (Wildman–Crippen MR) is 65.4 cm³/mol. The van der Waals surface area contributed by atoms with Crippen molar-refractivity contribution in [3.05, 3.63) is 30.3 Å². The number of hydrogen-bond donors (Lipinski definition) is 1. The second kappa shape index (κ2) is 8.78. The van der Waals surface area contributed by atoms with Crippen molar-refractivity contribution in [2.45, 2.75) is 0 Å². The van der Waals surface area contributed by atoms with E-state index in [9.17, 15) is 0 Å². The highest BCUT2D eigenvalue weighted by molar-refractivity contribution is 5.42. The Morgan fingerprint density at radius 3 is 2.56 bits per heavy atom. The summed E-state index contributed by atoms with van der Waals surface area (Å²) in [5.74, 6) is 2.40. The molecule has 0 bridgehead atoms. The summed E-state index contributed by atoms with van der Waals surface area (Å²) in [6.45, 7) is 2.94. The van der Waals surface area contributed by atoms with Gasteiger partial charge < -0.3 is 14.8 Å². The number of hydrogen-bond acceptors (Lipinski definition) is 3. The van der Waals surface area contributed by atoms with Crippen molar-refractivity contribution in [1.82, 2.24) is 0 Å². The Balaban J connectivity index is 1.91. The molecule has 3 nitrogen and oxygen atoms in total. The Labute approximate surface area is 96.8 Å². The van der Waals surface area contributed by atoms with E-state index < -0.39 is 0 Å². The Bertz CT molecular complexity index is 305. The third-order valence-corrected chi connectivity index (χ3v) is 1.91. The van der Waals surface area contributed by atoms with Crippen LogP contribution in [0.25, 0.3) is 0 Å². The van der Waals surface area contributed by atoms with Gasteiger partial charge in [-0.05, 0) is 12.1 Å². The first kappa shape index (κ1) is 12.6. The molecule has 1 aromatic carbocycles. The summed E-state index contributed by atoms with van der Waals surface area (Å²) in [6, 6.07) is 10.0. The lowest BCUT2D eigenvalue weighted by Crippen LogP contribution is -2.12. The molecule has 0 fully saturated rings. The fourth-order valence-electron chi connectivity index (χ4n) is 1.17. The maximum atomic E-state index is 5.35. The molecule has 16 heavy (non-hydrogen) atoms. The van der Waals surface area contributed by atoms with E-state index in [1.54, 1.807) is 0 Å². The second-order valence-corrected chi connectivity index (χ2v) is 3.16. The van der Waals surface area contributed by atoms with E-state index in [2.05, 4.69) is 11.2 Å². The molecule has 0 amide bonds. The molecule has 1 rings (SSSR count). The lowest BCUT2D eigenvalue weighted by atomic mass is 10.3. The Morgan fingerprint density at radius 2 is 1.81 bits per heavy atom. The van der Waals surface area contributed by atoms with Crippen LogP contribution < -0.4 is 5.32 Å². The summed E-state index contributed by atoms with van der Waals surface area (Å²) in [5, 5.41) is 3.25. The minimum absolute atomic E-state index is 0.353. The summed E-state index contributed by atoms with van der Waals surface area (Å²) >= 11 is 0. The first-order valence-electron chi connectivity index (χ1n) is 5.31. The zero-order valence-corrected chi connectivity index (χ0v) is 9.32. The quantitative estimate of drug-likeness (QED) is 0.534. The monoisotopic (exact) mass is 219 g/mol. The molecule has 1 N–H and O–H groups in total. The van der Waals surface area contributed by atoms with Gasteiger partial charge in [0.25, 0.3) is 0 Å². The van der Waals surface area contributed by atoms with Crippen LogP contribution >= 0.6 is 0 Å². The number of benzene rings is 1. The van der Waals surface area contributed by atoms with Crippen molar-refractivity contribution < 1.29 is 9.47 Å². The topological polar surface area (TPSA) is 30.5 Å². The third-order valence-electron chi connectivity index (χ3n) is 1.91. The van der Waals surface area contributed by atoms with Crippen molar-refractivity contribution in [3.8, 4) is 12.3 Å². The lowest BCUT2D eigenvalue weighted by molar-refractivity contribution is 0.0647. The van der Waals surface area contributed by atoms with Crippen molar-refractivity contribution >= 4 is 5.69 Å². The summed E-state index contributed by atoms with van der Waals surface area (Å²) in [7, 11) is 0. The first-order valence-corrected chi connectivity index (χ1v) is 5.31. The highest BCUT2D eigenvalue weighted by Gasteiger charge is 1.90. The van der Waals surface area contributed by atoms with Crippen LogP contribution in [0, 0.1) is 12.3 Å². The van der Waals surface area contributed by atoms with E-state index in [1.807, 2.05) is 30.3 Å². The zero-order chi connectivity index (χ0) is 11.5. The first-order chi connectivity index (χ1) is 7.93. The molecule has 0 aliphatic carbocycles. The van der Waals surface area contributed by atoms with E-state index in [4.69, 9.17) is 15.9 Å². The van der Waals surface area contributed by atoms with Gasteiger partial charge in [-0.15, -0.1) is 6.42 Å². The number of nitrogens with one attached hydrogen (secondary N) is 1. The molecule has 0 heterocycles. The van der Waals surface area contributed by atoms with Crippen LogP contribution in [0.1, 0.15) is 0 Å². The van der Waals surface area contributed by atoms with Gasteiger partial charge in [0.05, 0.1) is 19.8 Å². The van der Waals surface area contributed by atoms with Gasteiger partial charge in [-0.2, -0.15) is 0 Å². The maximum Gasteiger partial charge on any atom is 0.107 e. The van der Waals surface area contributed by atoms with Crippen molar-refractivity contribution in [3.63, 3.8) is 0 Å². The minimum atomic E-state index is 0.353. The summed E-state index contributed by atoms with van der Waals surface area (Å²) in [4.78, 5) is 0. The highest BCUT2D eigenvalue weighted by atomic mass is 16.5. The molecule has 1 aromatic rings. The van der Waals surface area contributed by atoms with Crippen LogP contribution in [0.5, 0.6) is 0 Å². The average molecular weight is 219 g/mol. The van der Waals surface area contributed by atoms with Gasteiger partial charge in [-0.1, -0.05) is 24.1 Å². The fourth-order valence-corrected chi connectivity index (χ4v) is 1.17. The van der Waals surface area contributed by atoms with Crippen LogP contribution in [-0.2, 0) is 9.47 Å². The standard InChI is InChI=1S/C13H17NO2/c1-2-9-15-11-12-16-10-8-14-13-6-4-3-5-7-13/h1,3-7,14H,8-12H2. The Morgan fingerprint density at radius 1 is 1.06 bits per heavy atom. The molecular formula is C13H17NO2. The van der Waals surface area contributed by atoms with Gasteiger partial charge in [0.1, 0.15) is 6.61 Å². The molecule has 0 atom stereocenters. The number of para-hydroxylation sites is 1. The molecule has 0 saturated heterocycles. The third kappa shape index (κ3) is 6.07. The van der Waals surface area contributed by atoms with E-state index >= 15 is 0 Å². The number of rotatable bonds is 8. The summed E-state index contributed by atoms with van der Waals surface area (Å²) < 4.78 is 10.4. The van der Waals surface area contributed by atoms with E-state index in [1.165, 1.54) is 0 Å². The molecule has 0 aromatic heterocycles. The van der Waals surface area contributed by atoms with Crippen molar-refractivity contribution in [2.75, 3.05) is 38.3 Å². The van der Waals surface area contributed by atoms with Crippen molar-refractivity contribution in [2.24, 2.45) is 0 Å². The van der Waals surface area contributed by atoms with E-state index in [-0.39, 0.29) is 0 Å². The molecular weight excluding hydrogens is 202 g/mol. The fraction of sp³-hybridized carbons (Fsp3) is 0.385. The van der Waals surface area contributed by atoms with Gasteiger partial charge in [0, 0.05) is 12.2 Å². The van der Waals surface area contributed by atoms with Gasteiger partial charge in [-0.25, -0.2) is 0 Å². The van der Waals surface area contributed by atoms with Crippen LogP contribution in [0.4, 0.5) is 5.69 Å². The zero-order valence-electron chi connectivity index (χ0n) is 9.32. The molecule has 0 spiro atoms. The van der Waals surface area contributed by atoms with Crippen LogP contribution in [0.15, 0.2) is 30.3 Å². The molecule has 0 unspecified atom stereocenters. The molecule has 0 saturated carbocycles. The molecule has 0 aliphatic heterocycles. The molecule has 0 aliphatic rings. The summed E-state index contributed by atoms with van der Waals surface area (Å²) in [5.41, 5.74) is 1.11. The molecule has 0 radical (unpaired) electrons. The van der Waals surface area contributed by atoms with Crippen LogP contribution in [0.2, 0.25) is 0 Å². The molecule has 86 valence electrons. The number of terminal acetylenes is 1. The summed E-state index contributed by atoms with van der Waals surface area (Å²) in [6.07, 6.45) is 5.03. The Kier molecular flexibility index (Phi) is 6.90. The normalized spacial score (nSPS) is 9.69. The van der Waals surface area contributed by atoms with Gasteiger partial charge in [-0.3, -0.25) is 0 Å². The van der Waals surface area contributed by atoms with Gasteiger partial charge in [0.15, 0.2) is 0 Å². The number of anilines is 1. The average Bonchev–Trinajstić information content (AvgIpc) is 2.34. The lowest BCUT2D eigenvalue weighted by Gasteiger charge is -2.06. The Hall–Kier alpha value is -1.50. The maximum absolute atomic E-state index is 5.35. The van der Waals surface area contributed by atoms with E-state index in [0.29, 0.717) is 26.4 Å².